The summed E-state index contributed by atoms with van der Waals surface area (Å²) in [6.07, 6.45) is -0.886. The number of para-hydroxylation sites is 1. The summed E-state index contributed by atoms with van der Waals surface area (Å²) in [5.41, 5.74) is -0.302. The first-order valence-electron chi connectivity index (χ1n) is 8.70. The van der Waals surface area contributed by atoms with E-state index in [4.69, 9.17) is 0 Å². The SMILES string of the molecule is O=C(NCC1CCCCN1c1nccc(C(F)(F)F)n1)Nc1ccccc1. The Morgan fingerprint density at radius 3 is 2.70 bits per heavy atom. The molecule has 2 heterocycles. The summed E-state index contributed by atoms with van der Waals surface area (Å²) in [5.74, 6) is 0.0415. The Bertz CT molecular complexity index is 769. The van der Waals surface area contributed by atoms with Crippen molar-refractivity contribution in [3.63, 3.8) is 0 Å². The van der Waals surface area contributed by atoms with Crippen LogP contribution in [0, 0.1) is 0 Å². The van der Waals surface area contributed by atoms with Gasteiger partial charge in [-0.25, -0.2) is 14.8 Å². The van der Waals surface area contributed by atoms with E-state index in [1.807, 2.05) is 18.2 Å². The third-order valence-corrected chi connectivity index (χ3v) is 4.35. The van der Waals surface area contributed by atoms with Gasteiger partial charge in [-0.05, 0) is 37.5 Å². The molecular weight excluding hydrogens is 359 g/mol. The van der Waals surface area contributed by atoms with Gasteiger partial charge in [0.15, 0.2) is 0 Å². The summed E-state index contributed by atoms with van der Waals surface area (Å²) >= 11 is 0. The van der Waals surface area contributed by atoms with Crippen molar-refractivity contribution in [2.24, 2.45) is 0 Å². The number of hydrogen-bond acceptors (Lipinski definition) is 4. The number of amides is 2. The molecule has 1 aromatic carbocycles. The standard InChI is InChI=1S/C18H20F3N5O/c19-18(20,21)15-9-10-22-16(25-15)26-11-5-4-8-14(26)12-23-17(27)24-13-6-2-1-3-7-13/h1-3,6-7,9-10,14H,4-5,8,11-12H2,(H2,23,24,27). The van der Waals surface area contributed by atoms with Crippen LogP contribution in [0.3, 0.4) is 0 Å². The van der Waals surface area contributed by atoms with E-state index in [0.29, 0.717) is 12.2 Å². The van der Waals surface area contributed by atoms with Crippen LogP contribution in [0.4, 0.5) is 29.6 Å². The molecule has 1 atom stereocenters. The van der Waals surface area contributed by atoms with Gasteiger partial charge in [0.2, 0.25) is 5.95 Å². The molecule has 27 heavy (non-hydrogen) atoms. The monoisotopic (exact) mass is 379 g/mol. The summed E-state index contributed by atoms with van der Waals surface area (Å²) in [4.78, 5) is 21.5. The second-order valence-corrected chi connectivity index (χ2v) is 6.28. The zero-order valence-corrected chi connectivity index (χ0v) is 14.5. The van der Waals surface area contributed by atoms with Crippen molar-refractivity contribution >= 4 is 17.7 Å². The van der Waals surface area contributed by atoms with Crippen LogP contribution in [-0.4, -0.2) is 35.1 Å². The van der Waals surface area contributed by atoms with Crippen molar-refractivity contribution < 1.29 is 18.0 Å². The lowest BCUT2D eigenvalue weighted by Crippen LogP contribution is -2.48. The van der Waals surface area contributed by atoms with Crippen LogP contribution in [0.15, 0.2) is 42.6 Å². The fourth-order valence-electron chi connectivity index (χ4n) is 3.03. The minimum absolute atomic E-state index is 0.0415. The summed E-state index contributed by atoms with van der Waals surface area (Å²) in [6, 6.07) is 9.32. The smallest absolute Gasteiger partial charge is 0.336 e. The number of urea groups is 1. The number of rotatable bonds is 4. The van der Waals surface area contributed by atoms with Crippen molar-refractivity contribution in [1.29, 1.82) is 0 Å². The van der Waals surface area contributed by atoms with Crippen LogP contribution in [0.5, 0.6) is 0 Å². The predicted molar refractivity (Wildman–Crippen MR) is 95.5 cm³/mol. The molecule has 1 fully saturated rings. The summed E-state index contributed by atoms with van der Waals surface area (Å²) in [6.45, 7) is 0.840. The molecule has 3 rings (SSSR count). The van der Waals surface area contributed by atoms with Crippen LogP contribution in [0.1, 0.15) is 25.0 Å². The highest BCUT2D eigenvalue weighted by atomic mass is 19.4. The van der Waals surface area contributed by atoms with Gasteiger partial charge in [-0.1, -0.05) is 18.2 Å². The normalized spacial score (nSPS) is 17.4. The fraction of sp³-hybridized carbons (Fsp3) is 0.389. The van der Waals surface area contributed by atoms with E-state index in [1.165, 1.54) is 0 Å². The lowest BCUT2D eigenvalue weighted by Gasteiger charge is -2.36. The molecular formula is C18H20F3N5O. The Labute approximate surface area is 154 Å². The van der Waals surface area contributed by atoms with Gasteiger partial charge in [0, 0.05) is 31.0 Å². The highest BCUT2D eigenvalue weighted by Crippen LogP contribution is 2.29. The van der Waals surface area contributed by atoms with Gasteiger partial charge in [0.1, 0.15) is 5.69 Å². The maximum absolute atomic E-state index is 12.9. The molecule has 2 N–H and O–H groups in total. The number of anilines is 2. The molecule has 0 bridgehead atoms. The van der Waals surface area contributed by atoms with Gasteiger partial charge >= 0.3 is 12.2 Å². The summed E-state index contributed by atoms with van der Waals surface area (Å²) < 4.78 is 38.8. The number of carbonyl (C=O) groups is 1. The zero-order chi connectivity index (χ0) is 19.3. The quantitative estimate of drug-likeness (QED) is 0.850. The third-order valence-electron chi connectivity index (χ3n) is 4.35. The van der Waals surface area contributed by atoms with E-state index in [-0.39, 0.29) is 24.6 Å². The molecule has 1 aliphatic rings. The van der Waals surface area contributed by atoms with E-state index >= 15 is 0 Å². The largest absolute Gasteiger partial charge is 0.433 e. The number of nitrogens with zero attached hydrogens (tertiary/aromatic N) is 3. The minimum Gasteiger partial charge on any atom is -0.336 e. The van der Waals surface area contributed by atoms with Crippen LogP contribution < -0.4 is 15.5 Å². The molecule has 1 saturated heterocycles. The van der Waals surface area contributed by atoms with Crippen LogP contribution >= 0.6 is 0 Å². The maximum Gasteiger partial charge on any atom is 0.433 e. The molecule has 1 aliphatic heterocycles. The van der Waals surface area contributed by atoms with E-state index in [1.54, 1.807) is 17.0 Å². The van der Waals surface area contributed by atoms with E-state index in [9.17, 15) is 18.0 Å². The Morgan fingerprint density at radius 2 is 1.96 bits per heavy atom. The number of nitrogens with one attached hydrogen (secondary N) is 2. The topological polar surface area (TPSA) is 70.2 Å². The van der Waals surface area contributed by atoms with Gasteiger partial charge in [-0.15, -0.1) is 0 Å². The lowest BCUT2D eigenvalue weighted by atomic mass is 10.0. The third kappa shape index (κ3) is 5.08. The van der Waals surface area contributed by atoms with Crippen molar-refractivity contribution in [3.05, 3.63) is 48.3 Å². The molecule has 9 heteroatoms. The first-order valence-corrected chi connectivity index (χ1v) is 8.70. The summed E-state index contributed by atoms with van der Waals surface area (Å²) in [5, 5.41) is 5.49. The molecule has 0 radical (unpaired) electrons. The molecule has 0 spiro atoms. The molecule has 1 unspecified atom stereocenters. The highest BCUT2D eigenvalue weighted by Gasteiger charge is 2.34. The predicted octanol–water partition coefficient (Wildman–Crippen LogP) is 3.68. The van der Waals surface area contributed by atoms with Crippen molar-refractivity contribution in [2.45, 2.75) is 31.5 Å². The van der Waals surface area contributed by atoms with Crippen molar-refractivity contribution in [1.82, 2.24) is 15.3 Å². The van der Waals surface area contributed by atoms with E-state index in [0.717, 1.165) is 31.5 Å². The molecule has 0 aliphatic carbocycles. The van der Waals surface area contributed by atoms with Crippen LogP contribution in [-0.2, 0) is 6.18 Å². The number of benzene rings is 1. The number of halogens is 3. The number of piperidine rings is 1. The average Bonchev–Trinajstić information content (AvgIpc) is 2.67. The van der Waals surface area contributed by atoms with Crippen LogP contribution in [0.2, 0.25) is 0 Å². The van der Waals surface area contributed by atoms with Gasteiger partial charge in [0.25, 0.3) is 0 Å². The minimum atomic E-state index is -4.52. The molecule has 2 aromatic rings. The second kappa shape index (κ2) is 8.24. The highest BCUT2D eigenvalue weighted by molar-refractivity contribution is 5.89. The van der Waals surface area contributed by atoms with Crippen molar-refractivity contribution in [2.75, 3.05) is 23.3 Å². The Morgan fingerprint density at radius 1 is 1.19 bits per heavy atom. The molecule has 2 amide bonds. The lowest BCUT2D eigenvalue weighted by molar-refractivity contribution is -0.141. The summed E-state index contributed by atoms with van der Waals surface area (Å²) in [7, 11) is 0. The molecule has 144 valence electrons. The number of alkyl halides is 3. The van der Waals surface area contributed by atoms with Gasteiger partial charge in [-0.2, -0.15) is 13.2 Å². The van der Waals surface area contributed by atoms with Gasteiger partial charge in [0.05, 0.1) is 0 Å². The van der Waals surface area contributed by atoms with E-state index in [2.05, 4.69) is 20.6 Å². The maximum atomic E-state index is 12.9. The number of aromatic nitrogens is 2. The van der Waals surface area contributed by atoms with Crippen molar-refractivity contribution in [3.8, 4) is 0 Å². The van der Waals surface area contributed by atoms with Gasteiger partial charge < -0.3 is 15.5 Å². The average molecular weight is 379 g/mol. The van der Waals surface area contributed by atoms with E-state index < -0.39 is 11.9 Å². The zero-order valence-electron chi connectivity index (χ0n) is 14.5. The Kier molecular flexibility index (Phi) is 5.78. The Hall–Kier alpha value is -2.84. The van der Waals surface area contributed by atoms with Crippen LogP contribution in [0.25, 0.3) is 0 Å². The molecule has 0 saturated carbocycles. The first-order chi connectivity index (χ1) is 12.9. The second-order valence-electron chi connectivity index (χ2n) is 6.28. The van der Waals surface area contributed by atoms with Gasteiger partial charge in [-0.3, -0.25) is 0 Å². The first kappa shape index (κ1) is 18.9. The Balaban J connectivity index is 1.64. The molecule has 1 aromatic heterocycles. The number of hydrogen-bond donors (Lipinski definition) is 2. The molecule has 6 nitrogen and oxygen atoms in total. The fourth-order valence-corrected chi connectivity index (χ4v) is 3.03. The number of carbonyl (C=O) groups excluding carboxylic acids is 1.